The molecule has 1 aliphatic heterocycles. The first-order valence-corrected chi connectivity index (χ1v) is 10.7. The van der Waals surface area contributed by atoms with E-state index in [1.165, 1.54) is 29.7 Å². The van der Waals surface area contributed by atoms with Gasteiger partial charge in [0.2, 0.25) is 0 Å². The maximum atomic E-state index is 6.61. The number of imidazole rings is 1. The van der Waals surface area contributed by atoms with Gasteiger partial charge in [-0.25, -0.2) is 0 Å². The van der Waals surface area contributed by atoms with Crippen molar-refractivity contribution in [3.8, 4) is 22.9 Å². The summed E-state index contributed by atoms with van der Waals surface area (Å²) in [4.78, 5) is 10.3. The molecule has 30 heavy (non-hydrogen) atoms. The zero-order chi connectivity index (χ0) is 20.7. The summed E-state index contributed by atoms with van der Waals surface area (Å²) in [5.74, 6) is 0.765. The molecule has 0 radical (unpaired) electrons. The van der Waals surface area contributed by atoms with E-state index >= 15 is 0 Å². The van der Waals surface area contributed by atoms with Crippen LogP contribution in [-0.2, 0) is 0 Å². The molecule has 1 fully saturated rings. The van der Waals surface area contributed by atoms with Gasteiger partial charge in [0.1, 0.15) is 5.75 Å². The molecule has 0 saturated carbocycles. The Morgan fingerprint density at radius 3 is 2.43 bits per heavy atom. The Bertz CT molecular complexity index is 1210. The average molecular weight is 418 g/mol. The third-order valence-electron chi connectivity index (χ3n) is 5.89. The number of fused-ring (bicyclic) bond motifs is 1. The maximum absolute atomic E-state index is 6.61. The van der Waals surface area contributed by atoms with Crippen LogP contribution in [0.3, 0.4) is 0 Å². The van der Waals surface area contributed by atoms with Crippen molar-refractivity contribution in [1.82, 2.24) is 9.97 Å². The van der Waals surface area contributed by atoms with Crippen molar-refractivity contribution in [3.63, 3.8) is 0 Å². The van der Waals surface area contributed by atoms with Gasteiger partial charge in [0.05, 0.1) is 16.1 Å². The van der Waals surface area contributed by atoms with Gasteiger partial charge in [0.15, 0.2) is 0 Å². The molecule has 0 amide bonds. The first kappa shape index (κ1) is 19.0. The molecule has 0 atom stereocenters. The number of aryl methyl sites for hydroxylation is 2. The lowest BCUT2D eigenvalue weighted by Crippen LogP contribution is -2.17. The predicted molar refractivity (Wildman–Crippen MR) is 124 cm³/mol. The van der Waals surface area contributed by atoms with Gasteiger partial charge < -0.3 is 14.6 Å². The molecule has 3 aromatic carbocycles. The van der Waals surface area contributed by atoms with E-state index in [-0.39, 0.29) is 0 Å². The number of nitrogens with one attached hydrogen (secondary N) is 1. The maximum Gasteiger partial charge on any atom is 0.300 e. The molecule has 4 aromatic rings. The third kappa shape index (κ3) is 3.63. The van der Waals surface area contributed by atoms with E-state index in [9.17, 15) is 0 Å². The van der Waals surface area contributed by atoms with E-state index < -0.39 is 0 Å². The van der Waals surface area contributed by atoms with Crippen molar-refractivity contribution in [1.29, 1.82) is 0 Å². The quantitative estimate of drug-likeness (QED) is 0.393. The van der Waals surface area contributed by atoms with Crippen LogP contribution in [0, 0.1) is 13.8 Å². The van der Waals surface area contributed by atoms with E-state index in [1.807, 2.05) is 30.3 Å². The van der Waals surface area contributed by atoms with E-state index in [2.05, 4.69) is 53.0 Å². The summed E-state index contributed by atoms with van der Waals surface area (Å²) in [6.45, 7) is 6.44. The number of nitrogens with zero attached hydrogens (tertiary/aromatic N) is 2. The minimum Gasteiger partial charge on any atom is -0.426 e. The van der Waals surface area contributed by atoms with Gasteiger partial charge in [0, 0.05) is 24.3 Å². The summed E-state index contributed by atoms with van der Waals surface area (Å²) < 4.78 is 5.94. The van der Waals surface area contributed by atoms with Crippen molar-refractivity contribution < 1.29 is 4.74 Å². The fourth-order valence-corrected chi connectivity index (χ4v) is 4.27. The van der Waals surface area contributed by atoms with Crippen molar-refractivity contribution in [2.24, 2.45) is 0 Å². The minimum absolute atomic E-state index is 0.464. The summed E-state index contributed by atoms with van der Waals surface area (Å²) in [6.07, 6.45) is 2.55. The molecule has 0 unspecified atom stereocenters. The number of halogens is 1. The first-order chi connectivity index (χ1) is 14.6. The highest BCUT2D eigenvalue weighted by Gasteiger charge is 2.14. The minimum atomic E-state index is 0.464. The van der Waals surface area contributed by atoms with Gasteiger partial charge in [-0.2, -0.15) is 4.98 Å². The largest absolute Gasteiger partial charge is 0.426 e. The highest BCUT2D eigenvalue weighted by molar-refractivity contribution is 6.34. The molecule has 1 aliphatic rings. The molecule has 1 N–H and O–H groups in total. The smallest absolute Gasteiger partial charge is 0.300 e. The second-order valence-electron chi connectivity index (χ2n) is 7.98. The molecule has 0 spiro atoms. The molecule has 5 rings (SSSR count). The lowest BCUT2D eigenvalue weighted by atomic mass is 10.0. The lowest BCUT2D eigenvalue weighted by molar-refractivity contribution is 0.449. The van der Waals surface area contributed by atoms with Gasteiger partial charge in [0.25, 0.3) is 6.01 Å². The number of ether oxygens (including phenoxy) is 1. The molecule has 5 heteroatoms. The first-order valence-electron chi connectivity index (χ1n) is 10.4. The number of benzene rings is 3. The molecular weight excluding hydrogens is 394 g/mol. The summed E-state index contributed by atoms with van der Waals surface area (Å²) >= 11 is 6.61. The lowest BCUT2D eigenvalue weighted by Gasteiger charge is -2.17. The van der Waals surface area contributed by atoms with Crippen molar-refractivity contribution >= 4 is 28.3 Å². The van der Waals surface area contributed by atoms with E-state index in [4.69, 9.17) is 16.3 Å². The van der Waals surface area contributed by atoms with Crippen LogP contribution in [-0.4, -0.2) is 23.1 Å². The van der Waals surface area contributed by atoms with Crippen molar-refractivity contribution in [2.75, 3.05) is 18.0 Å². The second kappa shape index (κ2) is 7.69. The monoisotopic (exact) mass is 417 g/mol. The summed E-state index contributed by atoms with van der Waals surface area (Å²) in [5, 5.41) is 0.692. The van der Waals surface area contributed by atoms with Crippen LogP contribution in [0.25, 0.3) is 22.2 Å². The fourth-order valence-electron chi connectivity index (χ4n) is 3.99. The number of aromatic amines is 1. The zero-order valence-electron chi connectivity index (χ0n) is 17.2. The standard InChI is InChI=1S/C25H24ClN3O/c1-16-5-10-20(13-17(16)2)30-25-27-23-14-21(22(26)15-24(23)28-25)18-6-8-19(9-7-18)29-11-3-4-12-29/h5-10,13-15H,3-4,11-12H2,1-2H3,(H,27,28). The molecular formula is C25H24ClN3O. The number of hydrogen-bond acceptors (Lipinski definition) is 3. The van der Waals surface area contributed by atoms with Gasteiger partial charge in [-0.3, -0.25) is 0 Å². The molecule has 2 heterocycles. The Morgan fingerprint density at radius 2 is 1.70 bits per heavy atom. The second-order valence-corrected chi connectivity index (χ2v) is 8.39. The summed E-state index contributed by atoms with van der Waals surface area (Å²) in [5.41, 5.74) is 7.45. The summed E-state index contributed by atoms with van der Waals surface area (Å²) in [7, 11) is 0. The van der Waals surface area contributed by atoms with Crippen LogP contribution < -0.4 is 9.64 Å². The molecule has 0 aliphatic carbocycles. The number of H-pyrrole nitrogens is 1. The SMILES string of the molecule is Cc1ccc(Oc2nc3cc(-c4ccc(N5CCCC5)cc4)c(Cl)cc3[nH]2)cc1C. The number of anilines is 1. The Labute approximate surface area is 181 Å². The van der Waals surface area contributed by atoms with Crippen LogP contribution in [0.5, 0.6) is 11.8 Å². The fraction of sp³-hybridized carbons (Fsp3) is 0.240. The van der Waals surface area contributed by atoms with E-state index in [1.54, 1.807) is 0 Å². The highest BCUT2D eigenvalue weighted by atomic mass is 35.5. The normalized spacial score (nSPS) is 13.9. The number of rotatable bonds is 4. The molecule has 152 valence electrons. The van der Waals surface area contributed by atoms with Gasteiger partial charge in [-0.15, -0.1) is 0 Å². The van der Waals surface area contributed by atoms with E-state index in [0.717, 1.165) is 41.0 Å². The van der Waals surface area contributed by atoms with Crippen molar-refractivity contribution in [3.05, 3.63) is 70.7 Å². The van der Waals surface area contributed by atoms with Crippen LogP contribution in [0.15, 0.2) is 54.6 Å². The van der Waals surface area contributed by atoms with Crippen LogP contribution in [0.1, 0.15) is 24.0 Å². The topological polar surface area (TPSA) is 41.1 Å². The summed E-state index contributed by atoms with van der Waals surface area (Å²) in [6, 6.07) is 19.1. The van der Waals surface area contributed by atoms with Crippen LogP contribution in [0.4, 0.5) is 5.69 Å². The Morgan fingerprint density at radius 1 is 0.933 bits per heavy atom. The molecule has 4 nitrogen and oxygen atoms in total. The molecule has 0 bridgehead atoms. The predicted octanol–water partition coefficient (Wildman–Crippen LogP) is 6.89. The van der Waals surface area contributed by atoms with E-state index in [0.29, 0.717) is 11.0 Å². The van der Waals surface area contributed by atoms with Crippen LogP contribution in [0.2, 0.25) is 5.02 Å². The van der Waals surface area contributed by atoms with Gasteiger partial charge in [-0.1, -0.05) is 29.8 Å². The number of aromatic nitrogens is 2. The highest BCUT2D eigenvalue weighted by Crippen LogP contribution is 2.34. The van der Waals surface area contributed by atoms with Gasteiger partial charge in [-0.05, 0) is 79.8 Å². The molecule has 1 saturated heterocycles. The Hall–Kier alpha value is -2.98. The average Bonchev–Trinajstić information content (AvgIpc) is 3.40. The number of hydrogen-bond donors (Lipinski definition) is 1. The zero-order valence-corrected chi connectivity index (χ0v) is 18.0. The van der Waals surface area contributed by atoms with Crippen molar-refractivity contribution in [2.45, 2.75) is 26.7 Å². The Kier molecular flexibility index (Phi) is 4.87. The molecule has 1 aromatic heterocycles. The van der Waals surface area contributed by atoms with Crippen LogP contribution >= 0.6 is 11.6 Å². The van der Waals surface area contributed by atoms with Gasteiger partial charge >= 0.3 is 0 Å². The Balaban J connectivity index is 1.43. The third-order valence-corrected chi connectivity index (χ3v) is 6.20.